The lowest BCUT2D eigenvalue weighted by Gasteiger charge is -2.26. The third-order valence-electron chi connectivity index (χ3n) is 3.36. The van der Waals surface area contributed by atoms with Crippen LogP contribution in [0.2, 0.25) is 0 Å². The van der Waals surface area contributed by atoms with Crippen LogP contribution in [-0.2, 0) is 11.2 Å². The number of likely N-dealkylation sites (N-methyl/N-ethyl adjacent to an activating group) is 1. The zero-order valence-electron chi connectivity index (χ0n) is 12.0. The van der Waals surface area contributed by atoms with Crippen LogP contribution in [0.25, 0.3) is 0 Å². The van der Waals surface area contributed by atoms with Crippen molar-refractivity contribution in [1.82, 2.24) is 5.32 Å². The molecule has 1 N–H and O–H groups in total. The summed E-state index contributed by atoms with van der Waals surface area (Å²) in [6.07, 6.45) is 4.89. The lowest BCUT2D eigenvalue weighted by molar-refractivity contribution is 0.0279. The quantitative estimate of drug-likeness (QED) is 0.724. The van der Waals surface area contributed by atoms with Gasteiger partial charge in [0.15, 0.2) is 0 Å². The molecule has 2 unspecified atom stereocenters. The van der Waals surface area contributed by atoms with E-state index in [0.717, 1.165) is 25.9 Å². The molecule has 0 aromatic heterocycles. The Hall–Kier alpha value is -0.860. The van der Waals surface area contributed by atoms with Crippen molar-refractivity contribution in [1.29, 1.82) is 0 Å². The minimum Gasteiger partial charge on any atom is -0.377 e. The Morgan fingerprint density at radius 1 is 1.11 bits per heavy atom. The number of nitrogens with one attached hydrogen (secondary N) is 1. The number of rotatable bonds is 9. The summed E-state index contributed by atoms with van der Waals surface area (Å²) in [5.41, 5.74) is 1.41. The number of aryl methyl sites for hydroxylation is 1. The smallest absolute Gasteiger partial charge is 0.0727 e. The lowest BCUT2D eigenvalue weighted by Crippen LogP contribution is -2.39. The van der Waals surface area contributed by atoms with E-state index in [9.17, 15) is 0 Å². The van der Waals surface area contributed by atoms with Gasteiger partial charge >= 0.3 is 0 Å². The highest BCUT2D eigenvalue weighted by Gasteiger charge is 2.19. The fourth-order valence-electron chi connectivity index (χ4n) is 2.38. The third-order valence-corrected chi connectivity index (χ3v) is 3.36. The first-order valence-electron chi connectivity index (χ1n) is 7.14. The predicted molar refractivity (Wildman–Crippen MR) is 77.9 cm³/mol. The van der Waals surface area contributed by atoms with Gasteiger partial charge in [0.05, 0.1) is 6.10 Å². The van der Waals surface area contributed by atoms with E-state index in [1.54, 1.807) is 0 Å². The summed E-state index contributed by atoms with van der Waals surface area (Å²) in [4.78, 5) is 0. The second kappa shape index (κ2) is 9.12. The average molecular weight is 249 g/mol. The molecule has 0 amide bonds. The Balaban J connectivity index is 2.48. The molecule has 0 saturated carbocycles. The van der Waals surface area contributed by atoms with Crippen LogP contribution >= 0.6 is 0 Å². The zero-order valence-corrected chi connectivity index (χ0v) is 12.0. The van der Waals surface area contributed by atoms with Crippen molar-refractivity contribution < 1.29 is 4.74 Å². The molecule has 1 rings (SSSR count). The maximum atomic E-state index is 5.86. The Morgan fingerprint density at radius 2 is 1.83 bits per heavy atom. The summed E-state index contributed by atoms with van der Waals surface area (Å²) in [5.74, 6) is 0. The molecule has 0 saturated heterocycles. The van der Waals surface area contributed by atoms with Crippen molar-refractivity contribution in [2.24, 2.45) is 0 Å². The summed E-state index contributed by atoms with van der Waals surface area (Å²) >= 11 is 0. The zero-order chi connectivity index (χ0) is 13.2. The molecular formula is C16H27NO. The maximum Gasteiger partial charge on any atom is 0.0727 e. The molecular weight excluding hydrogens is 222 g/mol. The SMILES string of the molecule is CCCC(OCC)C(CCc1ccccc1)NC. The van der Waals surface area contributed by atoms with E-state index in [1.807, 2.05) is 7.05 Å². The van der Waals surface area contributed by atoms with Crippen molar-refractivity contribution >= 4 is 0 Å². The molecule has 0 aliphatic carbocycles. The van der Waals surface area contributed by atoms with Crippen LogP contribution in [0, 0.1) is 0 Å². The van der Waals surface area contributed by atoms with Crippen LogP contribution < -0.4 is 5.32 Å². The Labute approximate surface area is 112 Å². The number of hydrogen-bond acceptors (Lipinski definition) is 2. The van der Waals surface area contributed by atoms with Gasteiger partial charge in [-0.05, 0) is 38.8 Å². The van der Waals surface area contributed by atoms with Crippen molar-refractivity contribution in [3.63, 3.8) is 0 Å². The molecule has 0 heterocycles. The van der Waals surface area contributed by atoms with E-state index in [2.05, 4.69) is 49.5 Å². The Bertz CT molecular complexity index is 293. The van der Waals surface area contributed by atoms with E-state index in [4.69, 9.17) is 4.74 Å². The largest absolute Gasteiger partial charge is 0.377 e. The minimum atomic E-state index is 0.341. The van der Waals surface area contributed by atoms with Gasteiger partial charge in [-0.15, -0.1) is 0 Å². The van der Waals surface area contributed by atoms with Crippen molar-refractivity contribution in [3.05, 3.63) is 35.9 Å². The summed E-state index contributed by atoms with van der Waals surface area (Å²) in [6, 6.07) is 11.1. The molecule has 0 aliphatic rings. The lowest BCUT2D eigenvalue weighted by atomic mass is 9.98. The van der Waals surface area contributed by atoms with Crippen LogP contribution in [0.4, 0.5) is 0 Å². The predicted octanol–water partition coefficient (Wildman–Crippen LogP) is 3.41. The Kier molecular flexibility index (Phi) is 7.70. The van der Waals surface area contributed by atoms with Crippen LogP contribution in [0.5, 0.6) is 0 Å². The van der Waals surface area contributed by atoms with Crippen LogP contribution in [-0.4, -0.2) is 25.8 Å². The molecule has 18 heavy (non-hydrogen) atoms. The summed E-state index contributed by atoms with van der Waals surface area (Å²) in [7, 11) is 2.04. The monoisotopic (exact) mass is 249 g/mol. The summed E-state index contributed by atoms with van der Waals surface area (Å²) < 4.78 is 5.86. The molecule has 2 atom stereocenters. The van der Waals surface area contributed by atoms with Gasteiger partial charge in [0.25, 0.3) is 0 Å². The molecule has 1 aromatic rings. The van der Waals surface area contributed by atoms with Gasteiger partial charge in [-0.2, -0.15) is 0 Å². The van der Waals surface area contributed by atoms with E-state index in [1.165, 1.54) is 12.0 Å². The van der Waals surface area contributed by atoms with Crippen molar-refractivity contribution in [3.8, 4) is 0 Å². The van der Waals surface area contributed by atoms with Gasteiger partial charge < -0.3 is 10.1 Å². The third kappa shape index (κ3) is 5.19. The van der Waals surface area contributed by atoms with E-state index in [-0.39, 0.29) is 0 Å². The molecule has 0 fully saturated rings. The van der Waals surface area contributed by atoms with E-state index >= 15 is 0 Å². The molecule has 0 radical (unpaired) electrons. The minimum absolute atomic E-state index is 0.341. The molecule has 1 aromatic carbocycles. The van der Waals surface area contributed by atoms with Gasteiger partial charge in [0.1, 0.15) is 0 Å². The van der Waals surface area contributed by atoms with Crippen LogP contribution in [0.15, 0.2) is 30.3 Å². The van der Waals surface area contributed by atoms with Crippen LogP contribution in [0.1, 0.15) is 38.7 Å². The first-order chi connectivity index (χ1) is 8.81. The number of hydrogen-bond donors (Lipinski definition) is 1. The average Bonchev–Trinajstić information content (AvgIpc) is 2.41. The molecule has 0 spiro atoms. The van der Waals surface area contributed by atoms with Crippen LogP contribution in [0.3, 0.4) is 0 Å². The van der Waals surface area contributed by atoms with Gasteiger partial charge in [-0.25, -0.2) is 0 Å². The van der Waals surface area contributed by atoms with Gasteiger partial charge in [-0.1, -0.05) is 43.7 Å². The summed E-state index contributed by atoms with van der Waals surface area (Å²) in [5, 5.41) is 3.42. The second-order valence-corrected chi connectivity index (χ2v) is 4.70. The number of benzene rings is 1. The maximum absolute atomic E-state index is 5.86. The standard InChI is InChI=1S/C16H27NO/c1-4-9-16(18-5-2)15(17-3)13-12-14-10-7-6-8-11-14/h6-8,10-11,15-17H,4-5,9,12-13H2,1-3H3. The highest BCUT2D eigenvalue weighted by atomic mass is 16.5. The topological polar surface area (TPSA) is 21.3 Å². The molecule has 0 bridgehead atoms. The molecule has 102 valence electrons. The van der Waals surface area contributed by atoms with Gasteiger partial charge in [-0.3, -0.25) is 0 Å². The highest BCUT2D eigenvalue weighted by Crippen LogP contribution is 2.13. The van der Waals surface area contributed by atoms with E-state index in [0.29, 0.717) is 12.1 Å². The molecule has 0 aliphatic heterocycles. The molecule has 2 nitrogen and oxygen atoms in total. The van der Waals surface area contributed by atoms with Gasteiger partial charge in [0.2, 0.25) is 0 Å². The van der Waals surface area contributed by atoms with Gasteiger partial charge in [0, 0.05) is 12.6 Å². The second-order valence-electron chi connectivity index (χ2n) is 4.70. The first kappa shape index (κ1) is 15.2. The fraction of sp³-hybridized carbons (Fsp3) is 0.625. The highest BCUT2D eigenvalue weighted by molar-refractivity contribution is 5.14. The fourth-order valence-corrected chi connectivity index (χ4v) is 2.38. The Morgan fingerprint density at radius 3 is 2.39 bits per heavy atom. The van der Waals surface area contributed by atoms with Crippen molar-refractivity contribution in [2.75, 3.05) is 13.7 Å². The van der Waals surface area contributed by atoms with E-state index < -0.39 is 0 Å². The van der Waals surface area contributed by atoms with Crippen molar-refractivity contribution in [2.45, 2.75) is 51.7 Å². The first-order valence-corrected chi connectivity index (χ1v) is 7.14. The molecule has 2 heteroatoms. The normalized spacial score (nSPS) is 14.4. The summed E-state index contributed by atoms with van der Waals surface area (Å²) in [6.45, 7) is 5.09. The number of ether oxygens (including phenoxy) is 1.